The number of aromatic hydroxyl groups is 1. The summed E-state index contributed by atoms with van der Waals surface area (Å²) in [5.74, 6) is 0.0884. The zero-order valence-electron chi connectivity index (χ0n) is 9.32. The summed E-state index contributed by atoms with van der Waals surface area (Å²) in [5, 5.41) is 33.2. The monoisotopic (exact) mass is 239 g/mol. The van der Waals surface area contributed by atoms with E-state index in [1.807, 2.05) is 6.07 Å². The molecular weight excluding hydrogens is 230 g/mol. The van der Waals surface area contributed by atoms with Gasteiger partial charge in [0.2, 0.25) is 5.69 Å². The molecule has 0 saturated carbocycles. The van der Waals surface area contributed by atoms with Crippen LogP contribution in [0, 0.1) is 16.5 Å². The fourth-order valence-corrected chi connectivity index (χ4v) is 1.35. The molecule has 2 aromatic carbocycles. The lowest BCUT2D eigenvalue weighted by Crippen LogP contribution is -1.89. The molecule has 0 radical (unpaired) electrons. The van der Waals surface area contributed by atoms with Crippen molar-refractivity contribution in [2.24, 2.45) is 5.11 Å². The van der Waals surface area contributed by atoms with Gasteiger partial charge in [-0.15, -0.1) is 0 Å². The van der Waals surface area contributed by atoms with E-state index in [4.69, 9.17) is 10.4 Å². The molecule has 0 bridgehead atoms. The standard InChI is InChI=1S/C13H9N3O2/c14-9-10-1-3-11(4-2-10)15-16(18)12-5-7-13(17)8-6-12/h1-8,17H. The lowest BCUT2D eigenvalue weighted by molar-refractivity contribution is -0.435. The molecule has 0 fully saturated rings. The number of benzene rings is 2. The largest absolute Gasteiger partial charge is 0.594 e. The molecule has 1 N–H and O–H groups in total. The number of hydrogen-bond acceptors (Lipinski definition) is 4. The Balaban J connectivity index is 2.26. The fourth-order valence-electron chi connectivity index (χ4n) is 1.35. The molecule has 0 aliphatic heterocycles. The fraction of sp³-hybridized carbons (Fsp3) is 0. The quantitative estimate of drug-likeness (QED) is 0.496. The minimum absolute atomic E-state index is 0.0884. The molecule has 0 spiro atoms. The zero-order valence-corrected chi connectivity index (χ0v) is 9.32. The van der Waals surface area contributed by atoms with E-state index in [-0.39, 0.29) is 5.75 Å². The van der Waals surface area contributed by atoms with Crippen LogP contribution in [0.4, 0.5) is 11.4 Å². The molecule has 0 amide bonds. The lowest BCUT2D eigenvalue weighted by Gasteiger charge is -1.99. The van der Waals surface area contributed by atoms with Crippen molar-refractivity contribution in [3.8, 4) is 11.8 Å². The van der Waals surface area contributed by atoms with E-state index in [1.165, 1.54) is 24.3 Å². The Morgan fingerprint density at radius 1 is 1.06 bits per heavy atom. The van der Waals surface area contributed by atoms with Crippen molar-refractivity contribution in [2.75, 3.05) is 0 Å². The highest BCUT2D eigenvalue weighted by Gasteiger charge is 2.03. The first-order chi connectivity index (χ1) is 8.69. The molecular formula is C13H9N3O2. The van der Waals surface area contributed by atoms with Crippen LogP contribution in [0.15, 0.2) is 53.6 Å². The van der Waals surface area contributed by atoms with Crippen molar-refractivity contribution in [3.05, 3.63) is 59.3 Å². The second kappa shape index (κ2) is 4.97. The van der Waals surface area contributed by atoms with Gasteiger partial charge >= 0.3 is 0 Å². The van der Waals surface area contributed by atoms with Crippen LogP contribution in [0.1, 0.15) is 5.56 Å². The molecule has 88 valence electrons. The Morgan fingerprint density at radius 3 is 2.22 bits per heavy atom. The van der Waals surface area contributed by atoms with Gasteiger partial charge < -0.3 is 10.3 Å². The molecule has 5 heteroatoms. The third kappa shape index (κ3) is 2.62. The molecule has 0 aliphatic rings. The van der Waals surface area contributed by atoms with Crippen molar-refractivity contribution in [1.82, 2.24) is 0 Å². The number of rotatable bonds is 2. The number of hydrogen-bond donors (Lipinski definition) is 1. The summed E-state index contributed by atoms with van der Waals surface area (Å²) in [7, 11) is 0. The van der Waals surface area contributed by atoms with Gasteiger partial charge in [0.05, 0.1) is 11.6 Å². The normalized spacial score (nSPS) is 10.9. The zero-order chi connectivity index (χ0) is 13.0. The van der Waals surface area contributed by atoms with E-state index >= 15 is 0 Å². The molecule has 0 aromatic heterocycles. The summed E-state index contributed by atoms with van der Waals surface area (Å²) in [6.45, 7) is 0. The molecule has 2 rings (SSSR count). The predicted molar refractivity (Wildman–Crippen MR) is 64.6 cm³/mol. The maximum atomic E-state index is 11.7. The maximum absolute atomic E-state index is 11.7. The minimum Gasteiger partial charge on any atom is -0.594 e. The predicted octanol–water partition coefficient (Wildman–Crippen LogP) is 3.19. The van der Waals surface area contributed by atoms with Gasteiger partial charge in [0.15, 0.2) is 0 Å². The number of phenols is 1. The van der Waals surface area contributed by atoms with Gasteiger partial charge in [-0.3, -0.25) is 0 Å². The van der Waals surface area contributed by atoms with Crippen LogP contribution in [0.5, 0.6) is 5.75 Å². The van der Waals surface area contributed by atoms with Crippen LogP contribution >= 0.6 is 0 Å². The Kier molecular flexibility index (Phi) is 3.21. The summed E-state index contributed by atoms with van der Waals surface area (Å²) in [4.78, 5) is 0.459. The second-order valence-electron chi connectivity index (χ2n) is 3.55. The van der Waals surface area contributed by atoms with Crippen LogP contribution in [-0.4, -0.2) is 9.97 Å². The highest BCUT2D eigenvalue weighted by molar-refractivity contribution is 5.42. The third-order valence-corrected chi connectivity index (χ3v) is 2.27. The third-order valence-electron chi connectivity index (χ3n) is 2.27. The first-order valence-corrected chi connectivity index (χ1v) is 5.17. The smallest absolute Gasteiger partial charge is 0.245 e. The van der Waals surface area contributed by atoms with Gasteiger partial charge in [-0.1, -0.05) is 4.86 Å². The van der Waals surface area contributed by atoms with Crippen LogP contribution in [0.25, 0.3) is 0 Å². The molecule has 2 aromatic rings. The summed E-state index contributed by atoms with van der Waals surface area (Å²) in [5.41, 5.74) is 1.28. The van der Waals surface area contributed by atoms with Crippen LogP contribution in [0.3, 0.4) is 0 Å². The maximum Gasteiger partial charge on any atom is 0.245 e. The average Bonchev–Trinajstić information content (AvgIpc) is 2.40. The van der Waals surface area contributed by atoms with Crippen molar-refractivity contribution in [1.29, 1.82) is 5.26 Å². The molecule has 0 saturated heterocycles. The summed E-state index contributed by atoms with van der Waals surface area (Å²) < 4.78 is 0. The number of phenolic OH excluding ortho intramolecular Hbond substituents is 1. The van der Waals surface area contributed by atoms with Crippen molar-refractivity contribution in [3.63, 3.8) is 0 Å². The molecule has 0 heterocycles. The Labute approximate surface area is 103 Å². The van der Waals surface area contributed by atoms with Crippen LogP contribution in [0.2, 0.25) is 0 Å². The summed E-state index contributed by atoms with van der Waals surface area (Å²) in [6.07, 6.45) is 0. The number of nitrogens with zero attached hydrogens (tertiary/aromatic N) is 3. The average molecular weight is 239 g/mol. The van der Waals surface area contributed by atoms with Crippen molar-refractivity contribution >= 4 is 11.4 Å². The van der Waals surface area contributed by atoms with Gasteiger partial charge in [0, 0.05) is 17.2 Å². The van der Waals surface area contributed by atoms with Gasteiger partial charge in [-0.2, -0.15) is 5.26 Å². The van der Waals surface area contributed by atoms with E-state index in [1.54, 1.807) is 24.3 Å². The Hall–Kier alpha value is -2.87. The number of azo groups is 1. The molecule has 0 unspecified atom stereocenters. The van der Waals surface area contributed by atoms with E-state index in [0.717, 1.165) is 0 Å². The van der Waals surface area contributed by atoms with E-state index in [2.05, 4.69) is 5.11 Å². The minimum atomic E-state index is 0.0884. The molecule has 18 heavy (non-hydrogen) atoms. The summed E-state index contributed by atoms with van der Waals surface area (Å²) in [6, 6.07) is 14.1. The second-order valence-corrected chi connectivity index (χ2v) is 3.55. The molecule has 0 atom stereocenters. The van der Waals surface area contributed by atoms with Crippen LogP contribution in [-0.2, 0) is 0 Å². The van der Waals surface area contributed by atoms with Gasteiger partial charge in [-0.25, -0.2) is 0 Å². The van der Waals surface area contributed by atoms with E-state index in [0.29, 0.717) is 21.8 Å². The van der Waals surface area contributed by atoms with Crippen LogP contribution < -0.4 is 0 Å². The van der Waals surface area contributed by atoms with Crippen molar-refractivity contribution in [2.45, 2.75) is 0 Å². The first-order valence-electron chi connectivity index (χ1n) is 5.17. The van der Waals surface area contributed by atoms with Gasteiger partial charge in [0.25, 0.3) is 0 Å². The highest BCUT2D eigenvalue weighted by Crippen LogP contribution is 2.20. The summed E-state index contributed by atoms with van der Waals surface area (Å²) >= 11 is 0. The Morgan fingerprint density at radius 2 is 1.67 bits per heavy atom. The van der Waals surface area contributed by atoms with Gasteiger partial charge in [-0.05, 0) is 36.4 Å². The SMILES string of the molecule is N#Cc1ccc(N=[N+]([O-])c2ccc(O)cc2)cc1. The Bertz CT molecular complexity index is 610. The first kappa shape index (κ1) is 11.6. The molecule has 5 nitrogen and oxygen atoms in total. The molecule has 0 aliphatic carbocycles. The number of nitriles is 1. The highest BCUT2D eigenvalue weighted by atomic mass is 16.5. The topological polar surface area (TPSA) is 82.5 Å². The van der Waals surface area contributed by atoms with Crippen molar-refractivity contribution < 1.29 is 9.97 Å². The van der Waals surface area contributed by atoms with E-state index in [9.17, 15) is 5.21 Å². The van der Waals surface area contributed by atoms with Gasteiger partial charge in [0.1, 0.15) is 11.4 Å². The van der Waals surface area contributed by atoms with E-state index < -0.39 is 0 Å². The lowest BCUT2D eigenvalue weighted by atomic mass is 10.2.